The summed E-state index contributed by atoms with van der Waals surface area (Å²) in [5.41, 5.74) is 0.978. The average Bonchev–Trinajstić information content (AvgIpc) is 3.13. The largest absolute Gasteiger partial charge is 0.417 e. The number of hydrogen-bond acceptors (Lipinski definition) is 5. The van der Waals surface area contributed by atoms with Gasteiger partial charge in [0, 0.05) is 31.7 Å². The number of nitrogens with zero attached hydrogens (tertiary/aromatic N) is 3. The summed E-state index contributed by atoms with van der Waals surface area (Å²) in [7, 11) is 1.60. The molecule has 0 N–H and O–H groups in total. The molecule has 1 atom stereocenters. The van der Waals surface area contributed by atoms with Crippen molar-refractivity contribution in [2.45, 2.75) is 38.5 Å². The van der Waals surface area contributed by atoms with Gasteiger partial charge in [-0.15, -0.1) is 0 Å². The van der Waals surface area contributed by atoms with Crippen LogP contribution in [0, 0.1) is 6.92 Å². The number of methoxy groups -OCH3 is 1. The van der Waals surface area contributed by atoms with Crippen molar-refractivity contribution >= 4 is 17.0 Å². The number of pyridine rings is 1. The number of ether oxygens (including phenoxy) is 1. The predicted octanol–water partition coefficient (Wildman–Crippen LogP) is 4.72. The topological polar surface area (TPSA) is 68.5 Å². The fourth-order valence-corrected chi connectivity index (χ4v) is 4.04. The highest BCUT2D eigenvalue weighted by molar-refractivity contribution is 5.94. The third-order valence-corrected chi connectivity index (χ3v) is 5.58. The van der Waals surface area contributed by atoms with E-state index in [1.807, 2.05) is 12.1 Å². The van der Waals surface area contributed by atoms with Gasteiger partial charge in [-0.05, 0) is 43.5 Å². The lowest BCUT2D eigenvalue weighted by molar-refractivity contribution is -0.136. The number of carbonyl (C=O) groups excluding carboxylic acids is 1. The number of rotatable bonds is 4. The molecule has 0 saturated carbocycles. The number of alkyl halides is 3. The van der Waals surface area contributed by atoms with Gasteiger partial charge in [-0.2, -0.15) is 13.2 Å². The quantitative estimate of drug-likeness (QED) is 0.596. The Labute approximate surface area is 177 Å². The second-order valence-electron chi connectivity index (χ2n) is 7.76. The van der Waals surface area contributed by atoms with Gasteiger partial charge in [0.1, 0.15) is 0 Å². The Hall–Kier alpha value is -2.94. The molecule has 1 fully saturated rings. The molecule has 1 aromatic carbocycles. The van der Waals surface area contributed by atoms with Gasteiger partial charge in [-0.3, -0.25) is 4.79 Å². The summed E-state index contributed by atoms with van der Waals surface area (Å²) in [5.74, 6) is -0.470. The fourth-order valence-electron chi connectivity index (χ4n) is 4.04. The first kappa shape index (κ1) is 21.3. The predicted molar refractivity (Wildman–Crippen MR) is 107 cm³/mol. The van der Waals surface area contributed by atoms with Gasteiger partial charge in [-0.1, -0.05) is 17.3 Å². The van der Waals surface area contributed by atoms with Crippen molar-refractivity contribution in [3.63, 3.8) is 0 Å². The van der Waals surface area contributed by atoms with Gasteiger partial charge < -0.3 is 14.2 Å². The molecule has 0 radical (unpaired) electrons. The number of benzene rings is 1. The number of aromatic nitrogens is 2. The van der Waals surface area contributed by atoms with Crippen molar-refractivity contribution in [1.29, 1.82) is 0 Å². The summed E-state index contributed by atoms with van der Waals surface area (Å²) in [6.45, 7) is 2.75. The Morgan fingerprint density at radius 3 is 2.71 bits per heavy atom. The van der Waals surface area contributed by atoms with Gasteiger partial charge in [0.25, 0.3) is 11.6 Å². The summed E-state index contributed by atoms with van der Waals surface area (Å²) < 4.78 is 51.1. The van der Waals surface area contributed by atoms with Crippen LogP contribution in [0.4, 0.5) is 13.2 Å². The van der Waals surface area contributed by atoms with Crippen molar-refractivity contribution < 1.29 is 27.2 Å². The van der Waals surface area contributed by atoms with Crippen LogP contribution in [-0.4, -0.2) is 41.1 Å². The molecule has 4 rings (SSSR count). The van der Waals surface area contributed by atoms with Crippen molar-refractivity contribution in [3.05, 3.63) is 58.4 Å². The maximum Gasteiger partial charge on any atom is 0.417 e. The molecule has 1 saturated heterocycles. The maximum absolute atomic E-state index is 13.7. The molecule has 0 aliphatic carbocycles. The molecule has 1 amide bonds. The Bertz CT molecular complexity index is 1090. The van der Waals surface area contributed by atoms with E-state index < -0.39 is 11.7 Å². The third-order valence-electron chi connectivity index (χ3n) is 5.58. The summed E-state index contributed by atoms with van der Waals surface area (Å²) in [6.07, 6.45) is -3.24. The zero-order valence-corrected chi connectivity index (χ0v) is 17.2. The van der Waals surface area contributed by atoms with E-state index in [0.29, 0.717) is 38.1 Å². The maximum atomic E-state index is 13.7. The standard InChI is InChI=1S/C22H22F3N3O3/c1-13-19-17(22(23,24)25)10-18(26-20(19)31-27-13)16-4-3-9-28(11-16)21(29)15-7-5-14(6-8-15)12-30-2/h5-8,10,16H,3-4,9,11-12H2,1-2H3/t16-/m1/s1. The summed E-state index contributed by atoms with van der Waals surface area (Å²) >= 11 is 0. The zero-order chi connectivity index (χ0) is 22.2. The van der Waals surface area contributed by atoms with Crippen LogP contribution in [0.1, 0.15) is 51.6 Å². The van der Waals surface area contributed by atoms with Gasteiger partial charge in [0.2, 0.25) is 0 Å². The lowest BCUT2D eigenvalue weighted by atomic mass is 9.92. The van der Waals surface area contributed by atoms with Crippen LogP contribution >= 0.6 is 0 Å². The number of hydrogen-bond donors (Lipinski definition) is 0. The van der Waals surface area contributed by atoms with E-state index in [0.717, 1.165) is 11.6 Å². The Morgan fingerprint density at radius 1 is 1.29 bits per heavy atom. The number of likely N-dealkylation sites (tertiary alicyclic amines) is 1. The molecule has 1 aliphatic heterocycles. The minimum absolute atomic E-state index is 0.115. The van der Waals surface area contributed by atoms with Crippen LogP contribution in [0.25, 0.3) is 11.1 Å². The highest BCUT2D eigenvalue weighted by Crippen LogP contribution is 2.38. The van der Waals surface area contributed by atoms with Gasteiger partial charge in [0.15, 0.2) is 0 Å². The van der Waals surface area contributed by atoms with Crippen LogP contribution < -0.4 is 0 Å². The summed E-state index contributed by atoms with van der Waals surface area (Å²) in [4.78, 5) is 18.9. The lowest BCUT2D eigenvalue weighted by Gasteiger charge is -2.32. The van der Waals surface area contributed by atoms with E-state index in [1.54, 1.807) is 24.1 Å². The first-order valence-corrected chi connectivity index (χ1v) is 9.99. The van der Waals surface area contributed by atoms with Crippen molar-refractivity contribution in [1.82, 2.24) is 15.0 Å². The smallest absolute Gasteiger partial charge is 0.380 e. The van der Waals surface area contributed by atoms with E-state index in [4.69, 9.17) is 9.26 Å². The third kappa shape index (κ3) is 4.27. The number of piperidine rings is 1. The Balaban J connectivity index is 1.60. The second-order valence-corrected chi connectivity index (χ2v) is 7.76. The molecule has 3 heterocycles. The Kier molecular flexibility index (Phi) is 5.70. The summed E-state index contributed by atoms with van der Waals surface area (Å²) in [5, 5.41) is 3.53. The van der Waals surface area contributed by atoms with E-state index >= 15 is 0 Å². The molecular formula is C22H22F3N3O3. The van der Waals surface area contributed by atoms with E-state index in [9.17, 15) is 18.0 Å². The van der Waals surface area contributed by atoms with Gasteiger partial charge in [0.05, 0.1) is 28.9 Å². The molecule has 164 valence electrons. The molecular weight excluding hydrogens is 411 g/mol. The molecule has 1 aliphatic rings. The van der Waals surface area contributed by atoms with Crippen LogP contribution in [0.5, 0.6) is 0 Å². The number of carbonyl (C=O) groups is 1. The molecule has 0 spiro atoms. The van der Waals surface area contributed by atoms with Gasteiger partial charge in [-0.25, -0.2) is 4.98 Å². The zero-order valence-electron chi connectivity index (χ0n) is 17.2. The molecule has 6 nitrogen and oxygen atoms in total. The molecule has 3 aromatic rings. The molecule has 0 unspecified atom stereocenters. The molecule has 0 bridgehead atoms. The molecule has 9 heteroatoms. The number of amides is 1. The van der Waals surface area contributed by atoms with Crippen LogP contribution in [0.2, 0.25) is 0 Å². The molecule has 2 aromatic heterocycles. The monoisotopic (exact) mass is 433 g/mol. The lowest BCUT2D eigenvalue weighted by Crippen LogP contribution is -2.39. The highest BCUT2D eigenvalue weighted by atomic mass is 19.4. The Morgan fingerprint density at radius 2 is 2.03 bits per heavy atom. The van der Waals surface area contributed by atoms with E-state index in [-0.39, 0.29) is 34.3 Å². The van der Waals surface area contributed by atoms with Crippen molar-refractivity contribution in [2.24, 2.45) is 0 Å². The highest BCUT2D eigenvalue weighted by Gasteiger charge is 2.37. The van der Waals surface area contributed by atoms with Crippen LogP contribution in [0.15, 0.2) is 34.9 Å². The first-order valence-electron chi connectivity index (χ1n) is 9.99. The average molecular weight is 433 g/mol. The fraction of sp³-hybridized carbons (Fsp3) is 0.409. The number of fused-ring (bicyclic) bond motifs is 1. The van der Waals surface area contributed by atoms with Crippen molar-refractivity contribution in [3.8, 4) is 0 Å². The summed E-state index contributed by atoms with van der Waals surface area (Å²) in [6, 6.07) is 8.21. The van der Waals surface area contributed by atoms with Crippen molar-refractivity contribution in [2.75, 3.05) is 20.2 Å². The normalized spacial score (nSPS) is 17.3. The number of halogens is 3. The van der Waals surface area contributed by atoms with Crippen LogP contribution in [-0.2, 0) is 17.5 Å². The van der Waals surface area contributed by atoms with Gasteiger partial charge >= 0.3 is 6.18 Å². The second kappa shape index (κ2) is 8.30. The number of aryl methyl sites for hydroxylation is 1. The minimum atomic E-state index is -4.56. The minimum Gasteiger partial charge on any atom is -0.380 e. The SMILES string of the molecule is COCc1ccc(C(=O)N2CCC[C@@H](c3cc(C(F)(F)F)c4c(C)noc4n3)C2)cc1. The first-order chi connectivity index (χ1) is 14.8. The van der Waals surface area contributed by atoms with Crippen LogP contribution in [0.3, 0.4) is 0 Å². The van der Waals surface area contributed by atoms with E-state index in [1.165, 1.54) is 6.92 Å². The molecule has 31 heavy (non-hydrogen) atoms. The van der Waals surface area contributed by atoms with E-state index in [2.05, 4.69) is 10.1 Å².